The first kappa shape index (κ1) is 19.3. The standard InChI is InChI=1S/C19H21ClN2O2S/c1-14-5-3-6-15(9-14)12-25-13-19(24)22(2)11-18(23)21-17-8-4-7-16(20)10-17/h3-10H,11-13H2,1-2H3,(H,21,23). The number of amides is 2. The summed E-state index contributed by atoms with van der Waals surface area (Å²) in [6.45, 7) is 2.06. The molecule has 132 valence electrons. The van der Waals surface area contributed by atoms with Crippen molar-refractivity contribution in [2.24, 2.45) is 0 Å². The third kappa shape index (κ3) is 6.80. The quantitative estimate of drug-likeness (QED) is 0.795. The highest BCUT2D eigenvalue weighted by Gasteiger charge is 2.13. The van der Waals surface area contributed by atoms with Gasteiger partial charge in [0.2, 0.25) is 11.8 Å². The Balaban J connectivity index is 1.74. The van der Waals surface area contributed by atoms with Crippen LogP contribution in [0.25, 0.3) is 0 Å². The Morgan fingerprint density at radius 2 is 1.92 bits per heavy atom. The number of benzene rings is 2. The largest absolute Gasteiger partial charge is 0.336 e. The maximum absolute atomic E-state index is 12.1. The van der Waals surface area contributed by atoms with E-state index in [1.54, 1.807) is 43.1 Å². The molecule has 0 heterocycles. The Bertz CT molecular complexity index is 752. The second-order valence-electron chi connectivity index (χ2n) is 5.79. The van der Waals surface area contributed by atoms with Crippen molar-refractivity contribution in [3.05, 3.63) is 64.7 Å². The average molecular weight is 377 g/mol. The fourth-order valence-corrected chi connectivity index (χ4v) is 3.34. The van der Waals surface area contributed by atoms with Crippen molar-refractivity contribution >= 4 is 40.9 Å². The molecule has 1 N–H and O–H groups in total. The van der Waals surface area contributed by atoms with Crippen LogP contribution >= 0.6 is 23.4 Å². The first-order valence-electron chi connectivity index (χ1n) is 7.87. The van der Waals surface area contributed by atoms with E-state index < -0.39 is 0 Å². The maximum Gasteiger partial charge on any atom is 0.243 e. The Morgan fingerprint density at radius 1 is 1.16 bits per heavy atom. The summed E-state index contributed by atoms with van der Waals surface area (Å²) >= 11 is 7.43. The van der Waals surface area contributed by atoms with Gasteiger partial charge in [-0.2, -0.15) is 0 Å². The molecule has 0 radical (unpaired) electrons. The average Bonchev–Trinajstić information content (AvgIpc) is 2.54. The van der Waals surface area contributed by atoms with E-state index in [2.05, 4.69) is 11.4 Å². The monoisotopic (exact) mass is 376 g/mol. The smallest absolute Gasteiger partial charge is 0.243 e. The predicted molar refractivity (Wildman–Crippen MR) is 105 cm³/mol. The van der Waals surface area contributed by atoms with Gasteiger partial charge in [-0.25, -0.2) is 0 Å². The number of thioether (sulfide) groups is 1. The predicted octanol–water partition coefficient (Wildman–Crippen LogP) is 3.98. The van der Waals surface area contributed by atoms with E-state index in [1.165, 1.54) is 16.0 Å². The molecular formula is C19H21ClN2O2S. The summed E-state index contributed by atoms with van der Waals surface area (Å²) in [7, 11) is 1.63. The molecular weight excluding hydrogens is 356 g/mol. The molecule has 2 amide bonds. The van der Waals surface area contributed by atoms with Gasteiger partial charge in [0.25, 0.3) is 0 Å². The van der Waals surface area contributed by atoms with Crippen LogP contribution in [0.2, 0.25) is 5.02 Å². The minimum absolute atomic E-state index is 0.0103. The lowest BCUT2D eigenvalue weighted by Gasteiger charge is -2.16. The lowest BCUT2D eigenvalue weighted by atomic mass is 10.2. The fraction of sp³-hybridized carbons (Fsp3) is 0.263. The van der Waals surface area contributed by atoms with Crippen molar-refractivity contribution in [3.8, 4) is 0 Å². The molecule has 2 aromatic carbocycles. The van der Waals surface area contributed by atoms with Gasteiger partial charge in [0, 0.05) is 23.5 Å². The molecule has 6 heteroatoms. The van der Waals surface area contributed by atoms with E-state index in [0.717, 1.165) is 5.75 Å². The van der Waals surface area contributed by atoms with E-state index in [0.29, 0.717) is 16.5 Å². The number of nitrogens with zero attached hydrogens (tertiary/aromatic N) is 1. The number of carbonyl (C=O) groups excluding carboxylic acids is 2. The van der Waals surface area contributed by atoms with Gasteiger partial charge in [0.1, 0.15) is 0 Å². The second-order valence-corrected chi connectivity index (χ2v) is 7.21. The SMILES string of the molecule is Cc1cccc(CSCC(=O)N(C)CC(=O)Nc2cccc(Cl)c2)c1. The van der Waals surface area contributed by atoms with Crippen LogP contribution in [0.5, 0.6) is 0 Å². The Labute approximate surface area is 157 Å². The van der Waals surface area contributed by atoms with E-state index in [1.807, 2.05) is 25.1 Å². The summed E-state index contributed by atoms with van der Waals surface area (Å²) in [4.78, 5) is 25.6. The highest BCUT2D eigenvalue weighted by molar-refractivity contribution is 7.99. The van der Waals surface area contributed by atoms with Gasteiger partial charge in [-0.05, 0) is 30.7 Å². The van der Waals surface area contributed by atoms with Crippen LogP contribution in [-0.2, 0) is 15.3 Å². The van der Waals surface area contributed by atoms with Gasteiger partial charge in [0.15, 0.2) is 0 Å². The zero-order valence-corrected chi connectivity index (χ0v) is 15.9. The summed E-state index contributed by atoms with van der Waals surface area (Å²) in [5, 5.41) is 3.28. The zero-order chi connectivity index (χ0) is 18.2. The molecule has 0 aliphatic carbocycles. The zero-order valence-electron chi connectivity index (χ0n) is 14.3. The molecule has 0 aliphatic heterocycles. The number of aryl methyl sites for hydroxylation is 1. The number of hydrogen-bond donors (Lipinski definition) is 1. The maximum atomic E-state index is 12.1. The minimum Gasteiger partial charge on any atom is -0.336 e. The highest BCUT2D eigenvalue weighted by atomic mass is 35.5. The first-order valence-corrected chi connectivity index (χ1v) is 9.40. The van der Waals surface area contributed by atoms with Crippen molar-refractivity contribution in [3.63, 3.8) is 0 Å². The fourth-order valence-electron chi connectivity index (χ4n) is 2.24. The Morgan fingerprint density at radius 3 is 2.64 bits per heavy atom. The number of likely N-dealkylation sites (N-methyl/N-ethyl adjacent to an activating group) is 1. The number of anilines is 1. The summed E-state index contributed by atoms with van der Waals surface area (Å²) in [5.41, 5.74) is 3.02. The Kier molecular flexibility index (Phi) is 7.34. The van der Waals surface area contributed by atoms with E-state index >= 15 is 0 Å². The summed E-state index contributed by atoms with van der Waals surface area (Å²) in [6, 6.07) is 15.1. The summed E-state index contributed by atoms with van der Waals surface area (Å²) in [5.74, 6) is 0.797. The van der Waals surface area contributed by atoms with Crippen LogP contribution in [0.15, 0.2) is 48.5 Å². The molecule has 0 saturated heterocycles. The molecule has 0 unspecified atom stereocenters. The molecule has 0 aromatic heterocycles. The minimum atomic E-state index is -0.248. The lowest BCUT2D eigenvalue weighted by Crippen LogP contribution is -2.35. The van der Waals surface area contributed by atoms with Crippen LogP contribution in [0.3, 0.4) is 0 Å². The molecule has 4 nitrogen and oxygen atoms in total. The molecule has 25 heavy (non-hydrogen) atoms. The van der Waals surface area contributed by atoms with Crippen molar-refractivity contribution in [2.75, 3.05) is 24.7 Å². The van der Waals surface area contributed by atoms with Crippen LogP contribution < -0.4 is 5.32 Å². The summed E-state index contributed by atoms with van der Waals surface area (Å²) in [6.07, 6.45) is 0. The van der Waals surface area contributed by atoms with Crippen molar-refractivity contribution < 1.29 is 9.59 Å². The van der Waals surface area contributed by atoms with Crippen LogP contribution in [0.1, 0.15) is 11.1 Å². The molecule has 0 spiro atoms. The van der Waals surface area contributed by atoms with Gasteiger partial charge in [-0.1, -0.05) is 47.5 Å². The second kappa shape index (κ2) is 9.49. The number of halogens is 1. The third-order valence-electron chi connectivity index (χ3n) is 3.49. The normalized spacial score (nSPS) is 10.4. The van der Waals surface area contributed by atoms with Crippen molar-refractivity contribution in [2.45, 2.75) is 12.7 Å². The van der Waals surface area contributed by atoms with Gasteiger partial charge < -0.3 is 10.2 Å². The van der Waals surface area contributed by atoms with Gasteiger partial charge in [-0.15, -0.1) is 11.8 Å². The Hall–Kier alpha value is -1.98. The molecule has 0 aliphatic rings. The van der Waals surface area contributed by atoms with Crippen LogP contribution in [0, 0.1) is 6.92 Å². The summed E-state index contributed by atoms with van der Waals surface area (Å²) < 4.78 is 0. The van der Waals surface area contributed by atoms with E-state index in [-0.39, 0.29) is 18.4 Å². The van der Waals surface area contributed by atoms with Crippen molar-refractivity contribution in [1.82, 2.24) is 4.90 Å². The third-order valence-corrected chi connectivity index (χ3v) is 4.72. The van der Waals surface area contributed by atoms with E-state index in [9.17, 15) is 9.59 Å². The first-order chi connectivity index (χ1) is 11.9. The highest BCUT2D eigenvalue weighted by Crippen LogP contribution is 2.15. The van der Waals surface area contributed by atoms with Crippen LogP contribution in [-0.4, -0.2) is 36.1 Å². The topological polar surface area (TPSA) is 49.4 Å². The lowest BCUT2D eigenvalue weighted by molar-refractivity contribution is -0.131. The molecule has 2 rings (SSSR count). The van der Waals surface area contributed by atoms with E-state index in [4.69, 9.17) is 11.6 Å². The molecule has 0 saturated carbocycles. The number of rotatable bonds is 7. The number of hydrogen-bond acceptors (Lipinski definition) is 3. The van der Waals surface area contributed by atoms with Gasteiger partial charge >= 0.3 is 0 Å². The van der Waals surface area contributed by atoms with Crippen molar-refractivity contribution in [1.29, 1.82) is 0 Å². The molecule has 2 aromatic rings. The molecule has 0 fully saturated rings. The number of carbonyl (C=O) groups is 2. The van der Waals surface area contributed by atoms with Gasteiger partial charge in [0.05, 0.1) is 12.3 Å². The van der Waals surface area contributed by atoms with Crippen LogP contribution in [0.4, 0.5) is 5.69 Å². The molecule has 0 atom stereocenters. The van der Waals surface area contributed by atoms with Gasteiger partial charge in [-0.3, -0.25) is 9.59 Å². The molecule has 0 bridgehead atoms. The number of nitrogens with one attached hydrogen (secondary N) is 1.